The first-order valence-corrected chi connectivity index (χ1v) is 36.6. The first kappa shape index (κ1) is 87.0. The molecule has 12 N–H and O–H groups in total. The molecule has 0 aliphatic carbocycles. The number of nitrogens with one attached hydrogen (secondary N) is 7. The number of nitrogens with zero attached hydrogens (tertiary/aromatic N) is 5. The minimum atomic E-state index is -2.04. The van der Waals surface area contributed by atoms with Gasteiger partial charge in [0.15, 0.2) is 6.10 Å². The van der Waals surface area contributed by atoms with Gasteiger partial charge in [0.25, 0.3) is 0 Å². The fraction of sp³-hybridized carbons (Fsp3) is 0.513. The predicted octanol–water partition coefficient (Wildman–Crippen LogP) is 5.01. The molecule has 32 nitrogen and oxygen atoms in total. The van der Waals surface area contributed by atoms with E-state index in [1.54, 1.807) is 43.3 Å². The summed E-state index contributed by atoms with van der Waals surface area (Å²) in [5.41, 5.74) is 4.30. The SMILES string of the molecule is CN[C@H](C(=O)N[C@H](C(=O)N(C)[C@H](/C=C(\C)C(=O)O)C(C)C)C(C)(C)C)C(C)(C)c1cccc(NC(=O)OCc2ccc(O[C@@H]3O[C@H](C(=O)O)[C@@H](O)[C@H](O)[C@H]3O)c(CNC(=O)CCNC(=O)[C@H](CNC(=O)CCOCCOC)NC(=O)CCCCC(=O)N3Cc4ccccc4-c4nnn(C(C)C)c4-c4ccccc43)c2)c1. The molecule has 1 aromatic heterocycles. The molecule has 8 amide bonds. The number of benzene rings is 4. The number of aromatic nitrogens is 3. The Morgan fingerprint density at radius 3 is 2.10 bits per heavy atom. The number of carboxylic acid groups (broad SMARTS) is 2. The molecule has 2 aliphatic rings. The predicted molar refractivity (Wildman–Crippen MR) is 404 cm³/mol. The number of aliphatic hydroxyl groups excluding tert-OH is 3. The van der Waals surface area contributed by atoms with E-state index in [0.29, 0.717) is 35.5 Å². The lowest BCUT2D eigenvalue weighted by Gasteiger charge is -2.40. The van der Waals surface area contributed by atoms with Crippen LogP contribution in [0.2, 0.25) is 0 Å². The zero-order chi connectivity index (χ0) is 80.9. The number of methoxy groups -OCH3 is 1. The van der Waals surface area contributed by atoms with E-state index in [-0.39, 0.29) is 112 Å². The van der Waals surface area contributed by atoms with Crippen LogP contribution in [0.3, 0.4) is 0 Å². The topological polar surface area (TPSA) is 439 Å². The number of aliphatic hydroxyl groups is 3. The molecule has 0 radical (unpaired) electrons. The lowest BCUT2D eigenvalue weighted by Crippen LogP contribution is -2.61. The number of rotatable bonds is 37. The van der Waals surface area contributed by atoms with E-state index < -0.39 is 126 Å². The summed E-state index contributed by atoms with van der Waals surface area (Å²) in [5.74, 6) is -6.61. The van der Waals surface area contributed by atoms with Crippen LogP contribution in [0.4, 0.5) is 16.2 Å². The summed E-state index contributed by atoms with van der Waals surface area (Å²) < 4.78 is 29.2. The third-order valence-corrected chi connectivity index (χ3v) is 19.1. The molecular weight excluding hydrogens is 1420 g/mol. The maximum absolute atomic E-state index is 14.4. The summed E-state index contributed by atoms with van der Waals surface area (Å²) in [6, 6.07) is 22.3. The number of fused-ring (bicyclic) bond motifs is 5. The number of anilines is 2. The van der Waals surface area contributed by atoms with E-state index in [4.69, 9.17) is 23.7 Å². The van der Waals surface area contributed by atoms with Crippen LogP contribution < -0.4 is 46.9 Å². The molecule has 9 atom stereocenters. The number of carbonyl (C=O) groups is 10. The standard InChI is InChI=1S/C78H106N12O20/c1-44(2)56(37-46(5)73(101)102)88(12)72(100)69(77(6,7)8)85-71(99)68(79-11)78(9,10)50-22-20-23-51(39-50)83-76(105)108-43-47-29-30-57(109-75-66(97)64(95)65(96)67(110-75)74(103)104)49(38-47)40-81-58(91)31-33-80-70(98)54(41-82-59(92)32-34-107-36-35-106-13)84-60(93)27-18-19-28-61(94)89-42-48-21-14-15-24-52(48)62-63(90(45(3)4)87-86-62)53-25-16-17-26-55(53)89/h14-17,20-26,29-30,37-39,44-45,54,56,64-69,75,79,95-97H,18-19,27-28,31-36,40-43H2,1-13H3,(H,80,98)(H,81,91)(H,82,92)(H,83,105)(H,84,93)(H,85,99)(H,101,102)(H,103,104)/b46-37+/t54-,56+,64-,65-,66+,67-,68+,69+,75+/m0/s1. The zero-order valence-electron chi connectivity index (χ0n) is 64.6. The lowest BCUT2D eigenvalue weighted by atomic mass is 9.76. The molecule has 110 heavy (non-hydrogen) atoms. The van der Waals surface area contributed by atoms with Crippen LogP contribution >= 0.6 is 0 Å². The molecule has 0 bridgehead atoms. The highest BCUT2D eigenvalue weighted by Crippen LogP contribution is 2.43. The van der Waals surface area contributed by atoms with E-state index in [1.165, 1.54) is 43.2 Å². The summed E-state index contributed by atoms with van der Waals surface area (Å²) in [6.45, 7) is 17.7. The van der Waals surface area contributed by atoms with Gasteiger partial charge in [-0.3, -0.25) is 38.9 Å². The Hall–Kier alpha value is -10.2. The summed E-state index contributed by atoms with van der Waals surface area (Å²) >= 11 is 0. The number of ether oxygens (including phenoxy) is 5. The van der Waals surface area contributed by atoms with Crippen LogP contribution in [-0.2, 0) is 87.2 Å². The number of aliphatic carboxylic acids is 2. The van der Waals surface area contributed by atoms with Crippen LogP contribution in [-0.4, -0.2) is 214 Å². The Bertz CT molecular complexity index is 4100. The first-order valence-electron chi connectivity index (χ1n) is 36.6. The summed E-state index contributed by atoms with van der Waals surface area (Å²) in [7, 11) is 4.67. The van der Waals surface area contributed by atoms with Gasteiger partial charge < -0.3 is 90.9 Å². The Kier molecular flexibility index (Phi) is 31.6. The third-order valence-electron chi connectivity index (χ3n) is 19.1. The van der Waals surface area contributed by atoms with Crippen LogP contribution in [0.1, 0.15) is 136 Å². The van der Waals surface area contributed by atoms with Crippen LogP contribution in [0.25, 0.3) is 22.5 Å². The molecule has 4 aromatic carbocycles. The minimum Gasteiger partial charge on any atom is -0.479 e. The van der Waals surface area contributed by atoms with E-state index in [0.717, 1.165) is 22.4 Å². The normalized spacial score (nSPS) is 17.5. The lowest BCUT2D eigenvalue weighted by molar-refractivity contribution is -0.271. The Morgan fingerprint density at radius 2 is 1.43 bits per heavy atom. The molecule has 1 saturated heterocycles. The number of carboxylic acids is 2. The molecule has 598 valence electrons. The van der Waals surface area contributed by atoms with Gasteiger partial charge in [-0.25, -0.2) is 19.1 Å². The van der Waals surface area contributed by atoms with Crippen molar-refractivity contribution in [3.63, 3.8) is 0 Å². The van der Waals surface area contributed by atoms with Gasteiger partial charge in [-0.05, 0) is 99.0 Å². The number of carbonyl (C=O) groups excluding carboxylic acids is 8. The number of hydrogen-bond donors (Lipinski definition) is 12. The Morgan fingerprint density at radius 1 is 0.736 bits per heavy atom. The molecule has 32 heteroatoms. The quantitative estimate of drug-likeness (QED) is 0.0184. The average molecular weight is 1530 g/mol. The molecule has 1 fully saturated rings. The highest BCUT2D eigenvalue weighted by molar-refractivity contribution is 6.00. The van der Waals surface area contributed by atoms with Crippen LogP contribution in [0.5, 0.6) is 5.75 Å². The van der Waals surface area contributed by atoms with E-state index in [1.807, 2.05) is 116 Å². The second-order valence-electron chi connectivity index (χ2n) is 29.4. The molecule has 2 aliphatic heterocycles. The van der Waals surface area contributed by atoms with Gasteiger partial charge in [0.05, 0.1) is 49.8 Å². The largest absolute Gasteiger partial charge is 0.479 e. The average Bonchev–Trinajstić information content (AvgIpc) is 1.50. The molecule has 3 heterocycles. The van der Waals surface area contributed by atoms with Crippen LogP contribution in [0.15, 0.2) is 103 Å². The van der Waals surface area contributed by atoms with Crippen molar-refractivity contribution in [1.82, 2.24) is 51.8 Å². The zero-order valence-corrected chi connectivity index (χ0v) is 64.6. The highest BCUT2D eigenvalue weighted by Gasteiger charge is 2.49. The van der Waals surface area contributed by atoms with Crippen molar-refractivity contribution in [3.8, 4) is 28.3 Å². The highest BCUT2D eigenvalue weighted by atomic mass is 16.7. The van der Waals surface area contributed by atoms with Gasteiger partial charge in [-0.1, -0.05) is 120 Å². The summed E-state index contributed by atoms with van der Waals surface area (Å²) in [4.78, 5) is 138. The number of amides is 8. The number of para-hydroxylation sites is 1. The van der Waals surface area contributed by atoms with Crippen molar-refractivity contribution < 1.29 is 97.2 Å². The molecule has 7 rings (SSSR count). The van der Waals surface area contributed by atoms with Gasteiger partial charge in [0, 0.05) is 98.9 Å². The van der Waals surface area contributed by atoms with Crippen molar-refractivity contribution in [2.75, 3.05) is 64.3 Å². The molecule has 0 saturated carbocycles. The Labute approximate surface area is 639 Å². The third kappa shape index (κ3) is 23.2. The summed E-state index contributed by atoms with van der Waals surface area (Å²) in [6.07, 6.45) is -9.22. The molecule has 5 aromatic rings. The van der Waals surface area contributed by atoms with E-state index >= 15 is 0 Å². The second-order valence-corrected chi connectivity index (χ2v) is 29.4. The van der Waals surface area contributed by atoms with Crippen LogP contribution in [0, 0.1) is 11.3 Å². The number of likely N-dealkylation sites (N-methyl/N-ethyl adjacent to an activating group) is 2. The minimum absolute atomic E-state index is 0.0375. The smallest absolute Gasteiger partial charge is 0.411 e. The fourth-order valence-corrected chi connectivity index (χ4v) is 12.8. The van der Waals surface area contributed by atoms with Gasteiger partial charge in [0.1, 0.15) is 48.4 Å². The monoisotopic (exact) mass is 1530 g/mol. The number of unbranched alkanes of at least 4 members (excludes halogenated alkanes) is 1. The van der Waals surface area contributed by atoms with E-state index in [2.05, 4.69) is 47.5 Å². The maximum atomic E-state index is 14.4. The molecule has 0 spiro atoms. The Balaban J connectivity index is 0.991. The second kappa shape index (κ2) is 39.9. The van der Waals surface area contributed by atoms with Gasteiger partial charge in [-0.15, -0.1) is 5.10 Å². The summed E-state index contributed by atoms with van der Waals surface area (Å²) in [5, 5.41) is 79.8. The molecule has 0 unspecified atom stereocenters. The van der Waals surface area contributed by atoms with Crippen molar-refractivity contribution >= 4 is 70.8 Å². The van der Waals surface area contributed by atoms with Crippen molar-refractivity contribution in [1.29, 1.82) is 0 Å². The van der Waals surface area contributed by atoms with Gasteiger partial charge >= 0.3 is 18.0 Å². The maximum Gasteiger partial charge on any atom is 0.411 e. The van der Waals surface area contributed by atoms with Gasteiger partial charge in [-0.2, -0.15) is 0 Å². The number of hydrogen-bond acceptors (Lipinski definition) is 21. The fourth-order valence-electron chi connectivity index (χ4n) is 12.8. The molecular formula is C78H106N12O20. The van der Waals surface area contributed by atoms with Crippen molar-refractivity contribution in [3.05, 3.63) is 125 Å². The van der Waals surface area contributed by atoms with E-state index in [9.17, 15) is 73.5 Å². The first-order chi connectivity index (χ1) is 52.1. The van der Waals surface area contributed by atoms with Crippen molar-refractivity contribution in [2.24, 2.45) is 11.3 Å². The van der Waals surface area contributed by atoms with Crippen molar-refractivity contribution in [2.45, 2.75) is 194 Å². The van der Waals surface area contributed by atoms with Gasteiger partial charge in [0.2, 0.25) is 47.6 Å².